The van der Waals surface area contributed by atoms with Crippen molar-refractivity contribution in [3.8, 4) is 0 Å². The number of rotatable bonds is 7. The van der Waals surface area contributed by atoms with E-state index in [9.17, 15) is 17.6 Å². The van der Waals surface area contributed by atoms with Gasteiger partial charge in [0.25, 0.3) is 0 Å². The van der Waals surface area contributed by atoms with Crippen molar-refractivity contribution < 1.29 is 22.3 Å². The van der Waals surface area contributed by atoms with Crippen LogP contribution in [0.2, 0.25) is 0 Å². The average molecular weight is 344 g/mol. The van der Waals surface area contributed by atoms with E-state index in [0.717, 1.165) is 5.56 Å². The molecule has 7 heteroatoms. The summed E-state index contributed by atoms with van der Waals surface area (Å²) in [6.45, 7) is -0.776. The molecule has 0 aliphatic heterocycles. The summed E-state index contributed by atoms with van der Waals surface area (Å²) in [6.07, 6.45) is -3.71. The summed E-state index contributed by atoms with van der Waals surface area (Å²) in [7, 11) is 1.80. The minimum atomic E-state index is -4.11. The normalized spacial score (nSPS) is 12.2. The van der Waals surface area contributed by atoms with Gasteiger partial charge < -0.3 is 10.1 Å². The largest absolute Gasteiger partial charge is 0.370 e. The van der Waals surface area contributed by atoms with Gasteiger partial charge in [-0.3, -0.25) is 0 Å². The number of alkyl halides is 4. The highest BCUT2D eigenvalue weighted by molar-refractivity contribution is 9.10. The molecule has 0 aliphatic rings. The molecular weight excluding hydrogens is 330 g/mol. The van der Waals surface area contributed by atoms with Crippen molar-refractivity contribution in [1.82, 2.24) is 5.32 Å². The van der Waals surface area contributed by atoms with Crippen LogP contribution in [0.1, 0.15) is 11.1 Å². The van der Waals surface area contributed by atoms with Gasteiger partial charge in [-0.15, -0.1) is 0 Å². The Labute approximate surface area is 117 Å². The smallest absolute Gasteiger partial charge is 0.330 e. The van der Waals surface area contributed by atoms with Crippen LogP contribution in [-0.4, -0.2) is 26.0 Å². The number of ether oxygens (including phenoxy) is 1. The Morgan fingerprint density at radius 3 is 2.58 bits per heavy atom. The van der Waals surface area contributed by atoms with Crippen LogP contribution in [0.5, 0.6) is 0 Å². The lowest BCUT2D eigenvalue weighted by Crippen LogP contribution is -2.32. The molecule has 0 radical (unpaired) electrons. The van der Waals surface area contributed by atoms with Crippen molar-refractivity contribution in [3.05, 3.63) is 33.8 Å². The molecule has 0 heterocycles. The maximum Gasteiger partial charge on any atom is 0.330 e. The third-order valence-electron chi connectivity index (χ3n) is 2.37. The highest BCUT2D eigenvalue weighted by Crippen LogP contribution is 2.24. The topological polar surface area (TPSA) is 21.3 Å². The van der Waals surface area contributed by atoms with Crippen molar-refractivity contribution in [3.63, 3.8) is 0 Å². The molecule has 0 unspecified atom stereocenters. The van der Waals surface area contributed by atoms with Crippen LogP contribution in [0.25, 0.3) is 0 Å². The van der Waals surface area contributed by atoms with Gasteiger partial charge in [-0.2, -0.15) is 8.78 Å². The minimum absolute atomic E-state index is 0.150. The fraction of sp³-hybridized carbons (Fsp3) is 0.500. The van der Waals surface area contributed by atoms with E-state index in [0.29, 0.717) is 16.6 Å². The van der Waals surface area contributed by atoms with Gasteiger partial charge in [-0.05, 0) is 24.2 Å². The van der Waals surface area contributed by atoms with Crippen molar-refractivity contribution in [2.45, 2.75) is 25.5 Å². The lowest BCUT2D eigenvalue weighted by Gasteiger charge is -2.15. The Hall–Kier alpha value is -0.660. The minimum Gasteiger partial charge on any atom is -0.370 e. The van der Waals surface area contributed by atoms with Crippen molar-refractivity contribution in [2.24, 2.45) is 0 Å². The van der Waals surface area contributed by atoms with Gasteiger partial charge >= 0.3 is 12.3 Å². The second-order valence-corrected chi connectivity index (χ2v) is 4.86. The molecule has 1 rings (SSSR count). The molecule has 1 N–H and O–H groups in total. The molecule has 0 atom stereocenters. The van der Waals surface area contributed by atoms with Gasteiger partial charge in [-0.25, -0.2) is 8.78 Å². The Kier molecular flexibility index (Phi) is 6.22. The summed E-state index contributed by atoms with van der Waals surface area (Å²) in [5.74, 6) is -4.11. The molecule has 0 fully saturated rings. The molecule has 2 nitrogen and oxygen atoms in total. The van der Waals surface area contributed by atoms with Crippen LogP contribution >= 0.6 is 15.9 Å². The predicted molar refractivity (Wildman–Crippen MR) is 67.5 cm³/mol. The Balaban J connectivity index is 2.54. The van der Waals surface area contributed by atoms with E-state index < -0.39 is 19.0 Å². The molecule has 0 bridgehead atoms. The maximum atomic E-state index is 12.6. The molecule has 19 heavy (non-hydrogen) atoms. The van der Waals surface area contributed by atoms with E-state index in [4.69, 9.17) is 0 Å². The first-order chi connectivity index (χ1) is 8.86. The maximum absolute atomic E-state index is 12.6. The van der Waals surface area contributed by atoms with Gasteiger partial charge in [0.1, 0.15) is 6.61 Å². The summed E-state index contributed by atoms with van der Waals surface area (Å²) in [5, 5.41) is 2.97. The van der Waals surface area contributed by atoms with Crippen LogP contribution in [0.3, 0.4) is 0 Å². The van der Waals surface area contributed by atoms with Crippen LogP contribution in [0.4, 0.5) is 17.6 Å². The summed E-state index contributed by atoms with van der Waals surface area (Å²) in [6, 6.07) is 5.34. The first-order valence-electron chi connectivity index (χ1n) is 5.52. The Bertz CT molecular complexity index is 415. The zero-order valence-electron chi connectivity index (χ0n) is 10.2. The molecule has 0 aliphatic carbocycles. The molecule has 1 aromatic rings. The third kappa shape index (κ3) is 5.08. The lowest BCUT2D eigenvalue weighted by atomic mass is 10.1. The zero-order chi connectivity index (χ0) is 14.5. The molecule has 0 amide bonds. The Morgan fingerprint density at radius 2 is 2.05 bits per heavy atom. The number of nitrogens with one attached hydrogen (secondary N) is 1. The van der Waals surface area contributed by atoms with Crippen molar-refractivity contribution in [2.75, 3.05) is 13.7 Å². The highest BCUT2D eigenvalue weighted by atomic mass is 79.9. The molecule has 0 aromatic heterocycles. The Morgan fingerprint density at radius 1 is 1.37 bits per heavy atom. The van der Waals surface area contributed by atoms with Crippen LogP contribution in [-0.2, 0) is 17.9 Å². The SMILES string of the molecule is CNCc1ccc(COCC(F)(F)C(F)F)c(Br)c1. The van der Waals surface area contributed by atoms with E-state index in [2.05, 4.69) is 26.0 Å². The van der Waals surface area contributed by atoms with Crippen LogP contribution < -0.4 is 5.32 Å². The summed E-state index contributed by atoms with van der Waals surface area (Å²) < 4.78 is 54.4. The van der Waals surface area contributed by atoms with Gasteiger partial charge in [0.2, 0.25) is 0 Å². The molecule has 0 spiro atoms. The summed E-state index contributed by atoms with van der Waals surface area (Å²) in [4.78, 5) is 0. The molecule has 0 saturated heterocycles. The summed E-state index contributed by atoms with van der Waals surface area (Å²) >= 11 is 3.28. The highest BCUT2D eigenvalue weighted by Gasteiger charge is 2.40. The molecule has 108 valence electrons. The van der Waals surface area contributed by atoms with E-state index >= 15 is 0 Å². The molecule has 1 aromatic carbocycles. The first kappa shape index (κ1) is 16.4. The standard InChI is InChI=1S/C12H14BrF4NO/c1-18-5-8-2-3-9(10(13)4-8)6-19-7-12(16,17)11(14)15/h2-4,11,18H,5-7H2,1H3. The molecular formula is C12H14BrF4NO. The van der Waals surface area contributed by atoms with Gasteiger partial charge in [0.05, 0.1) is 6.61 Å². The first-order valence-corrected chi connectivity index (χ1v) is 6.31. The van der Waals surface area contributed by atoms with E-state index in [1.54, 1.807) is 13.1 Å². The second kappa shape index (κ2) is 7.21. The lowest BCUT2D eigenvalue weighted by molar-refractivity contribution is -0.168. The van der Waals surface area contributed by atoms with Crippen LogP contribution in [0.15, 0.2) is 22.7 Å². The van der Waals surface area contributed by atoms with E-state index in [1.807, 2.05) is 12.1 Å². The zero-order valence-corrected chi connectivity index (χ0v) is 11.8. The van der Waals surface area contributed by atoms with E-state index in [-0.39, 0.29) is 6.61 Å². The fourth-order valence-corrected chi connectivity index (χ4v) is 1.92. The number of hydrogen-bond acceptors (Lipinski definition) is 2. The van der Waals surface area contributed by atoms with Crippen molar-refractivity contribution in [1.29, 1.82) is 0 Å². The average Bonchev–Trinajstić information content (AvgIpc) is 2.32. The third-order valence-corrected chi connectivity index (χ3v) is 3.11. The summed E-state index contributed by atoms with van der Waals surface area (Å²) in [5.41, 5.74) is 1.64. The molecule has 0 saturated carbocycles. The fourth-order valence-electron chi connectivity index (χ4n) is 1.38. The van der Waals surface area contributed by atoms with E-state index in [1.165, 1.54) is 0 Å². The monoisotopic (exact) mass is 343 g/mol. The number of halogens is 5. The second-order valence-electron chi connectivity index (χ2n) is 4.01. The predicted octanol–water partition coefficient (Wildman–Crippen LogP) is 3.59. The van der Waals surface area contributed by atoms with Crippen molar-refractivity contribution >= 4 is 15.9 Å². The van der Waals surface area contributed by atoms with Gasteiger partial charge in [0.15, 0.2) is 0 Å². The quantitative estimate of drug-likeness (QED) is 0.764. The van der Waals surface area contributed by atoms with Crippen LogP contribution in [0, 0.1) is 0 Å². The van der Waals surface area contributed by atoms with Gasteiger partial charge in [0, 0.05) is 11.0 Å². The number of benzene rings is 1. The number of hydrogen-bond donors (Lipinski definition) is 1. The van der Waals surface area contributed by atoms with Gasteiger partial charge in [-0.1, -0.05) is 28.1 Å².